The van der Waals surface area contributed by atoms with Crippen LogP contribution in [0.1, 0.15) is 23.3 Å². The monoisotopic (exact) mass is 276 g/mol. The van der Waals surface area contributed by atoms with Crippen LogP contribution < -0.4 is 10.6 Å². The zero-order chi connectivity index (χ0) is 14.7. The van der Waals surface area contributed by atoms with Gasteiger partial charge in [-0.1, -0.05) is 6.07 Å². The fraction of sp³-hybridized carbons (Fsp3) is 0.500. The Bertz CT molecular complexity index is 508. The van der Waals surface area contributed by atoms with E-state index in [1.807, 2.05) is 31.1 Å². The van der Waals surface area contributed by atoms with E-state index in [0.717, 1.165) is 5.82 Å². The van der Waals surface area contributed by atoms with Gasteiger partial charge in [-0.15, -0.1) is 0 Å². The lowest BCUT2D eigenvalue weighted by Gasteiger charge is -2.30. The molecule has 1 aliphatic rings. The van der Waals surface area contributed by atoms with Gasteiger partial charge in [0.25, 0.3) is 5.91 Å². The molecule has 0 saturated carbocycles. The summed E-state index contributed by atoms with van der Waals surface area (Å²) in [5.74, 6) is 0.282. The van der Waals surface area contributed by atoms with Crippen LogP contribution >= 0.6 is 0 Å². The molecule has 0 unspecified atom stereocenters. The maximum atomic E-state index is 12.4. The van der Waals surface area contributed by atoms with Gasteiger partial charge in [0.15, 0.2) is 0 Å². The maximum absolute atomic E-state index is 12.4. The number of likely N-dealkylation sites (tertiary alicyclic amines) is 1. The third kappa shape index (κ3) is 3.07. The van der Waals surface area contributed by atoms with Crippen molar-refractivity contribution in [3.63, 3.8) is 0 Å². The summed E-state index contributed by atoms with van der Waals surface area (Å²) in [6.45, 7) is 1.11. The summed E-state index contributed by atoms with van der Waals surface area (Å²) in [5, 5.41) is 0. The van der Waals surface area contributed by atoms with E-state index in [2.05, 4.69) is 4.98 Å². The van der Waals surface area contributed by atoms with E-state index in [1.54, 1.807) is 11.0 Å². The Morgan fingerprint density at radius 1 is 1.30 bits per heavy atom. The third-order valence-corrected chi connectivity index (χ3v) is 3.60. The van der Waals surface area contributed by atoms with Gasteiger partial charge in [-0.05, 0) is 25.0 Å². The molecule has 1 aliphatic heterocycles. The topological polar surface area (TPSA) is 79.5 Å². The molecule has 1 aromatic heterocycles. The largest absolute Gasteiger partial charge is 0.369 e. The first kappa shape index (κ1) is 14.3. The second-order valence-electron chi connectivity index (χ2n) is 5.24. The first-order chi connectivity index (χ1) is 9.49. The Morgan fingerprint density at radius 3 is 2.50 bits per heavy atom. The molecule has 1 aromatic rings. The van der Waals surface area contributed by atoms with E-state index < -0.39 is 0 Å². The van der Waals surface area contributed by atoms with Crippen LogP contribution in [0.15, 0.2) is 18.2 Å². The van der Waals surface area contributed by atoms with Crippen molar-refractivity contribution in [1.82, 2.24) is 9.88 Å². The van der Waals surface area contributed by atoms with Gasteiger partial charge in [-0.3, -0.25) is 9.59 Å². The number of carbonyl (C=O) groups excluding carboxylic acids is 2. The summed E-state index contributed by atoms with van der Waals surface area (Å²) in [7, 11) is 3.77. The van der Waals surface area contributed by atoms with Gasteiger partial charge in [0.2, 0.25) is 5.91 Å². The molecule has 2 heterocycles. The Kier molecular flexibility index (Phi) is 4.22. The number of anilines is 1. The summed E-state index contributed by atoms with van der Waals surface area (Å²) < 4.78 is 0. The number of nitrogens with two attached hydrogens (primary N) is 1. The van der Waals surface area contributed by atoms with Gasteiger partial charge >= 0.3 is 0 Å². The molecule has 0 aliphatic carbocycles. The van der Waals surface area contributed by atoms with Crippen LogP contribution in [0.5, 0.6) is 0 Å². The molecule has 0 aromatic carbocycles. The fourth-order valence-electron chi connectivity index (χ4n) is 2.32. The summed E-state index contributed by atoms with van der Waals surface area (Å²) >= 11 is 0. The van der Waals surface area contributed by atoms with Crippen molar-refractivity contribution >= 4 is 17.6 Å². The number of hydrogen-bond donors (Lipinski definition) is 1. The molecule has 1 fully saturated rings. The SMILES string of the molecule is CN(C)c1cccc(C(=O)N2CCC(C(N)=O)CC2)n1. The van der Waals surface area contributed by atoms with Crippen LogP contribution in [-0.2, 0) is 4.79 Å². The summed E-state index contributed by atoms with van der Waals surface area (Å²) in [6, 6.07) is 5.40. The third-order valence-electron chi connectivity index (χ3n) is 3.60. The average Bonchev–Trinajstić information content (AvgIpc) is 2.46. The van der Waals surface area contributed by atoms with Gasteiger partial charge in [0, 0.05) is 33.1 Å². The number of rotatable bonds is 3. The number of carbonyl (C=O) groups is 2. The summed E-state index contributed by atoms with van der Waals surface area (Å²) in [4.78, 5) is 31.4. The van der Waals surface area contributed by atoms with E-state index in [9.17, 15) is 9.59 Å². The Balaban J connectivity index is 2.05. The molecule has 2 amide bonds. The highest BCUT2D eigenvalue weighted by molar-refractivity contribution is 5.93. The molecule has 1 saturated heterocycles. The van der Waals surface area contributed by atoms with E-state index in [1.165, 1.54) is 0 Å². The second kappa shape index (κ2) is 5.90. The number of nitrogens with zero attached hydrogens (tertiary/aromatic N) is 3. The lowest BCUT2D eigenvalue weighted by Crippen LogP contribution is -2.42. The van der Waals surface area contributed by atoms with Gasteiger partial charge in [0.1, 0.15) is 11.5 Å². The molecule has 0 spiro atoms. The predicted molar refractivity (Wildman–Crippen MR) is 76.4 cm³/mol. The first-order valence-corrected chi connectivity index (χ1v) is 6.72. The number of aromatic nitrogens is 1. The van der Waals surface area contributed by atoms with Gasteiger partial charge in [-0.25, -0.2) is 4.98 Å². The minimum absolute atomic E-state index is 0.0865. The van der Waals surface area contributed by atoms with Crippen molar-refractivity contribution in [2.75, 3.05) is 32.1 Å². The Labute approximate surface area is 118 Å². The van der Waals surface area contributed by atoms with Crippen molar-refractivity contribution in [3.05, 3.63) is 23.9 Å². The van der Waals surface area contributed by atoms with Crippen molar-refractivity contribution in [1.29, 1.82) is 0 Å². The number of pyridine rings is 1. The van der Waals surface area contributed by atoms with Crippen LogP contribution in [0.25, 0.3) is 0 Å². The lowest BCUT2D eigenvalue weighted by molar-refractivity contribution is -0.123. The summed E-state index contributed by atoms with van der Waals surface area (Å²) in [6.07, 6.45) is 1.27. The Morgan fingerprint density at radius 2 is 1.95 bits per heavy atom. The lowest BCUT2D eigenvalue weighted by atomic mass is 9.96. The van der Waals surface area contributed by atoms with Crippen LogP contribution in [0, 0.1) is 5.92 Å². The highest BCUT2D eigenvalue weighted by Crippen LogP contribution is 2.19. The average molecular weight is 276 g/mol. The van der Waals surface area contributed by atoms with Crippen LogP contribution in [0.3, 0.4) is 0 Å². The van der Waals surface area contributed by atoms with Crippen molar-refractivity contribution < 1.29 is 9.59 Å². The van der Waals surface area contributed by atoms with E-state index in [-0.39, 0.29) is 17.7 Å². The smallest absolute Gasteiger partial charge is 0.272 e. The van der Waals surface area contributed by atoms with Crippen LogP contribution in [0.4, 0.5) is 5.82 Å². The number of hydrogen-bond acceptors (Lipinski definition) is 4. The van der Waals surface area contributed by atoms with Crippen molar-refractivity contribution in [2.45, 2.75) is 12.8 Å². The maximum Gasteiger partial charge on any atom is 0.272 e. The standard InChI is InChI=1S/C14H20N4O2/c1-17(2)12-5-3-4-11(16-12)14(20)18-8-6-10(7-9-18)13(15)19/h3-5,10H,6-9H2,1-2H3,(H2,15,19). The molecular weight excluding hydrogens is 256 g/mol. The van der Waals surface area contributed by atoms with Gasteiger partial charge in [-0.2, -0.15) is 0 Å². The van der Waals surface area contributed by atoms with E-state index in [4.69, 9.17) is 5.73 Å². The molecular formula is C14H20N4O2. The molecule has 0 radical (unpaired) electrons. The highest BCUT2D eigenvalue weighted by Gasteiger charge is 2.27. The van der Waals surface area contributed by atoms with Crippen LogP contribution in [0.2, 0.25) is 0 Å². The highest BCUT2D eigenvalue weighted by atomic mass is 16.2. The minimum atomic E-state index is -0.273. The number of amides is 2. The van der Waals surface area contributed by atoms with Crippen molar-refractivity contribution in [2.24, 2.45) is 11.7 Å². The zero-order valence-electron chi connectivity index (χ0n) is 11.9. The van der Waals surface area contributed by atoms with Crippen LogP contribution in [-0.4, -0.2) is 48.9 Å². The normalized spacial score (nSPS) is 16.0. The molecule has 6 nitrogen and oxygen atoms in total. The van der Waals surface area contributed by atoms with Gasteiger partial charge in [0.05, 0.1) is 0 Å². The minimum Gasteiger partial charge on any atom is -0.369 e. The molecule has 2 N–H and O–H groups in total. The molecule has 108 valence electrons. The quantitative estimate of drug-likeness (QED) is 0.871. The number of primary amides is 1. The second-order valence-corrected chi connectivity index (χ2v) is 5.24. The molecule has 0 bridgehead atoms. The molecule has 6 heteroatoms. The predicted octanol–water partition coefficient (Wildman–Crippen LogP) is 0.485. The van der Waals surface area contributed by atoms with Crippen molar-refractivity contribution in [3.8, 4) is 0 Å². The Hall–Kier alpha value is -2.11. The van der Waals surface area contributed by atoms with Gasteiger partial charge < -0.3 is 15.5 Å². The molecule has 20 heavy (non-hydrogen) atoms. The summed E-state index contributed by atoms with van der Waals surface area (Å²) in [5.41, 5.74) is 5.73. The fourth-order valence-corrected chi connectivity index (χ4v) is 2.32. The number of piperidine rings is 1. The van der Waals surface area contributed by atoms with E-state index in [0.29, 0.717) is 31.6 Å². The zero-order valence-corrected chi connectivity index (χ0v) is 11.9. The molecule has 0 atom stereocenters. The first-order valence-electron chi connectivity index (χ1n) is 6.72. The van der Waals surface area contributed by atoms with E-state index >= 15 is 0 Å². The molecule has 2 rings (SSSR count).